The molecule has 15 heavy (non-hydrogen) atoms. The molecule has 2 aliphatic rings. The Morgan fingerprint density at radius 1 is 1.47 bits per heavy atom. The third-order valence-corrected chi connectivity index (χ3v) is 5.04. The van der Waals surface area contributed by atoms with Crippen molar-refractivity contribution in [1.29, 1.82) is 0 Å². The van der Waals surface area contributed by atoms with Crippen molar-refractivity contribution in [3.05, 3.63) is 0 Å². The fraction of sp³-hybridized carbons (Fsp3) is 1.00. The zero-order chi connectivity index (χ0) is 10.9. The lowest BCUT2D eigenvalue weighted by molar-refractivity contribution is -0.150. The number of rotatable bonds is 3. The molecule has 2 heterocycles. The van der Waals surface area contributed by atoms with Gasteiger partial charge in [-0.25, -0.2) is 0 Å². The summed E-state index contributed by atoms with van der Waals surface area (Å²) in [6.45, 7) is 8.46. The van der Waals surface area contributed by atoms with Gasteiger partial charge in [0.25, 0.3) is 0 Å². The zero-order valence-electron chi connectivity index (χ0n) is 9.61. The van der Waals surface area contributed by atoms with Crippen LogP contribution in [0.5, 0.6) is 0 Å². The third-order valence-electron chi connectivity index (χ3n) is 3.70. The number of ether oxygens (including phenoxy) is 1. The molecule has 0 spiro atoms. The summed E-state index contributed by atoms with van der Waals surface area (Å²) >= 11 is 2.05. The average molecular weight is 231 g/mol. The molecule has 0 radical (unpaired) electrons. The Labute approximate surface area is 96.2 Å². The number of nitrogens with zero attached hydrogens (tertiary/aromatic N) is 1. The van der Waals surface area contributed by atoms with Gasteiger partial charge >= 0.3 is 0 Å². The number of hydrogen-bond acceptors (Lipinski definition) is 4. The molecule has 0 amide bonds. The summed E-state index contributed by atoms with van der Waals surface area (Å²) in [5.41, 5.74) is 0.0377. The van der Waals surface area contributed by atoms with Gasteiger partial charge in [-0.2, -0.15) is 11.8 Å². The van der Waals surface area contributed by atoms with E-state index in [1.807, 2.05) is 0 Å². The maximum absolute atomic E-state index is 9.41. The third kappa shape index (κ3) is 2.33. The highest BCUT2D eigenvalue weighted by Crippen LogP contribution is 2.32. The van der Waals surface area contributed by atoms with Crippen LogP contribution in [-0.2, 0) is 4.74 Å². The predicted octanol–water partition coefficient (Wildman–Crippen LogP) is 0.821. The van der Waals surface area contributed by atoms with Crippen LogP contribution in [0.4, 0.5) is 0 Å². The Morgan fingerprint density at radius 2 is 2.20 bits per heavy atom. The van der Waals surface area contributed by atoms with Crippen LogP contribution in [0.1, 0.15) is 13.8 Å². The van der Waals surface area contributed by atoms with E-state index in [4.69, 9.17) is 4.74 Å². The maximum Gasteiger partial charge on any atom is 0.0579 e. The molecule has 0 bridgehead atoms. The van der Waals surface area contributed by atoms with Gasteiger partial charge in [0.2, 0.25) is 0 Å². The first-order chi connectivity index (χ1) is 7.17. The minimum absolute atomic E-state index is 0.0377. The largest absolute Gasteiger partial charge is 0.396 e. The summed E-state index contributed by atoms with van der Waals surface area (Å²) < 4.78 is 5.24. The highest BCUT2D eigenvalue weighted by atomic mass is 32.2. The second kappa shape index (κ2) is 4.62. The fourth-order valence-electron chi connectivity index (χ4n) is 2.27. The lowest BCUT2D eigenvalue weighted by Crippen LogP contribution is -2.57. The molecule has 0 aromatic carbocycles. The summed E-state index contributed by atoms with van der Waals surface area (Å²) in [5.74, 6) is 1.22. The quantitative estimate of drug-likeness (QED) is 0.779. The number of hydrogen-bond donors (Lipinski definition) is 1. The SMILES string of the molecule is CC1SCCN(CC2(CO)COC2)C1C. The first-order valence-electron chi connectivity index (χ1n) is 5.71. The van der Waals surface area contributed by atoms with Crippen molar-refractivity contribution in [2.24, 2.45) is 5.41 Å². The average Bonchev–Trinajstić information content (AvgIpc) is 2.18. The Morgan fingerprint density at radius 3 is 2.73 bits per heavy atom. The van der Waals surface area contributed by atoms with Crippen molar-refractivity contribution >= 4 is 11.8 Å². The molecule has 2 saturated heterocycles. The molecule has 2 rings (SSSR count). The monoisotopic (exact) mass is 231 g/mol. The van der Waals surface area contributed by atoms with Crippen molar-refractivity contribution in [3.63, 3.8) is 0 Å². The molecule has 0 saturated carbocycles. The van der Waals surface area contributed by atoms with E-state index in [2.05, 4.69) is 30.5 Å². The van der Waals surface area contributed by atoms with Crippen molar-refractivity contribution in [2.75, 3.05) is 38.7 Å². The lowest BCUT2D eigenvalue weighted by atomic mass is 9.86. The van der Waals surface area contributed by atoms with Gasteiger partial charge in [0.1, 0.15) is 0 Å². The van der Waals surface area contributed by atoms with Crippen LogP contribution in [0.25, 0.3) is 0 Å². The molecule has 2 fully saturated rings. The Hall–Kier alpha value is 0.230. The zero-order valence-corrected chi connectivity index (χ0v) is 10.4. The first kappa shape index (κ1) is 11.7. The molecule has 0 aromatic heterocycles. The summed E-state index contributed by atoms with van der Waals surface area (Å²) in [6, 6.07) is 0.618. The van der Waals surface area contributed by atoms with Crippen molar-refractivity contribution in [3.8, 4) is 0 Å². The smallest absolute Gasteiger partial charge is 0.0579 e. The van der Waals surface area contributed by atoms with Gasteiger partial charge in [-0.05, 0) is 6.92 Å². The topological polar surface area (TPSA) is 32.7 Å². The van der Waals surface area contributed by atoms with Crippen LogP contribution in [-0.4, -0.2) is 60.0 Å². The van der Waals surface area contributed by atoms with E-state index < -0.39 is 0 Å². The molecular formula is C11H21NO2S. The van der Waals surface area contributed by atoms with Gasteiger partial charge in [-0.15, -0.1) is 0 Å². The van der Waals surface area contributed by atoms with Gasteiger partial charge in [0.05, 0.1) is 25.2 Å². The molecule has 2 aliphatic heterocycles. The van der Waals surface area contributed by atoms with Crippen LogP contribution in [0.15, 0.2) is 0 Å². The summed E-state index contributed by atoms with van der Waals surface area (Å²) in [7, 11) is 0. The van der Waals surface area contributed by atoms with E-state index in [1.54, 1.807) is 0 Å². The van der Waals surface area contributed by atoms with Crippen LogP contribution < -0.4 is 0 Å². The molecule has 4 heteroatoms. The van der Waals surface area contributed by atoms with Crippen molar-refractivity contribution in [1.82, 2.24) is 4.90 Å². The van der Waals surface area contributed by atoms with Gasteiger partial charge in [-0.1, -0.05) is 6.92 Å². The lowest BCUT2D eigenvalue weighted by Gasteiger charge is -2.47. The molecular weight excluding hydrogens is 210 g/mol. The fourth-order valence-corrected chi connectivity index (χ4v) is 3.44. The minimum Gasteiger partial charge on any atom is -0.396 e. The van der Waals surface area contributed by atoms with Crippen LogP contribution in [0.3, 0.4) is 0 Å². The van der Waals surface area contributed by atoms with Crippen LogP contribution >= 0.6 is 11.8 Å². The maximum atomic E-state index is 9.41. The highest BCUT2D eigenvalue weighted by molar-refractivity contribution is 8.00. The van der Waals surface area contributed by atoms with E-state index in [9.17, 15) is 5.11 Å². The molecule has 0 aliphatic carbocycles. The molecule has 0 aromatic rings. The summed E-state index contributed by atoms with van der Waals surface area (Å²) in [4.78, 5) is 2.51. The Balaban J connectivity index is 1.92. The second-order valence-electron chi connectivity index (χ2n) is 4.94. The molecule has 2 atom stereocenters. The number of thioether (sulfide) groups is 1. The predicted molar refractivity (Wildman–Crippen MR) is 63.3 cm³/mol. The molecule has 88 valence electrons. The molecule has 1 N–H and O–H groups in total. The normalized spacial score (nSPS) is 36.2. The number of aliphatic hydroxyl groups excluding tert-OH is 1. The van der Waals surface area contributed by atoms with Gasteiger partial charge < -0.3 is 9.84 Å². The molecule has 2 unspecified atom stereocenters. The van der Waals surface area contributed by atoms with Crippen molar-refractivity contribution in [2.45, 2.75) is 25.1 Å². The van der Waals surface area contributed by atoms with E-state index >= 15 is 0 Å². The summed E-state index contributed by atoms with van der Waals surface area (Å²) in [6.07, 6.45) is 0. The van der Waals surface area contributed by atoms with Crippen LogP contribution in [0.2, 0.25) is 0 Å². The number of aliphatic hydroxyl groups is 1. The molecule has 3 nitrogen and oxygen atoms in total. The summed E-state index contributed by atoms with van der Waals surface area (Å²) in [5, 5.41) is 10.1. The van der Waals surface area contributed by atoms with E-state index in [0.29, 0.717) is 11.3 Å². The minimum atomic E-state index is 0.0377. The Bertz CT molecular complexity index is 215. The van der Waals surface area contributed by atoms with Crippen LogP contribution in [0, 0.1) is 5.41 Å². The van der Waals surface area contributed by atoms with Gasteiger partial charge in [0, 0.05) is 30.1 Å². The Kier molecular flexibility index (Phi) is 3.60. The van der Waals surface area contributed by atoms with E-state index in [-0.39, 0.29) is 12.0 Å². The van der Waals surface area contributed by atoms with Gasteiger partial charge in [0.15, 0.2) is 0 Å². The standard InChI is InChI=1S/C11H21NO2S/c1-9-10(2)15-4-3-12(9)5-11(6-13)7-14-8-11/h9-10,13H,3-8H2,1-2H3. The van der Waals surface area contributed by atoms with Gasteiger partial charge in [-0.3, -0.25) is 4.90 Å². The van der Waals surface area contributed by atoms with E-state index in [1.165, 1.54) is 5.75 Å². The first-order valence-corrected chi connectivity index (χ1v) is 6.76. The highest BCUT2D eigenvalue weighted by Gasteiger charge is 2.41. The second-order valence-corrected chi connectivity index (χ2v) is 6.42. The van der Waals surface area contributed by atoms with Crippen molar-refractivity contribution < 1.29 is 9.84 Å². The van der Waals surface area contributed by atoms with E-state index in [0.717, 1.165) is 26.3 Å².